The summed E-state index contributed by atoms with van der Waals surface area (Å²) >= 11 is 5.94. The van der Waals surface area contributed by atoms with Crippen molar-refractivity contribution in [3.05, 3.63) is 35.5 Å². The highest BCUT2D eigenvalue weighted by atomic mass is 35.5. The van der Waals surface area contributed by atoms with Gasteiger partial charge in [-0.15, -0.1) is 0 Å². The molecule has 0 spiro atoms. The average molecular weight is 299 g/mol. The SMILES string of the molecule is COc1ccc(Cl)cc1-c1ccnc(S(C)(=O)=O)n1. The number of nitrogens with zero attached hydrogens (tertiary/aromatic N) is 2. The molecule has 5 nitrogen and oxygen atoms in total. The lowest BCUT2D eigenvalue weighted by molar-refractivity contribution is 0.416. The molecule has 100 valence electrons. The van der Waals surface area contributed by atoms with Crippen molar-refractivity contribution in [2.75, 3.05) is 13.4 Å². The highest BCUT2D eigenvalue weighted by molar-refractivity contribution is 7.90. The minimum absolute atomic E-state index is 0.230. The van der Waals surface area contributed by atoms with Crippen LogP contribution in [0.4, 0.5) is 0 Å². The van der Waals surface area contributed by atoms with Crippen LogP contribution >= 0.6 is 11.6 Å². The maximum Gasteiger partial charge on any atom is 0.247 e. The zero-order valence-electron chi connectivity index (χ0n) is 10.3. The highest BCUT2D eigenvalue weighted by Gasteiger charge is 2.14. The van der Waals surface area contributed by atoms with E-state index in [9.17, 15) is 8.42 Å². The van der Waals surface area contributed by atoms with Crippen molar-refractivity contribution in [2.45, 2.75) is 5.16 Å². The summed E-state index contributed by atoms with van der Waals surface area (Å²) in [4.78, 5) is 7.77. The van der Waals surface area contributed by atoms with Crippen LogP contribution < -0.4 is 4.74 Å². The molecule has 0 amide bonds. The third kappa shape index (κ3) is 3.02. The molecule has 1 aromatic carbocycles. The monoisotopic (exact) mass is 298 g/mol. The van der Waals surface area contributed by atoms with Crippen LogP contribution in [-0.2, 0) is 9.84 Å². The summed E-state index contributed by atoms with van der Waals surface area (Å²) in [5.41, 5.74) is 1.05. The third-order valence-corrected chi connectivity index (χ3v) is 3.50. The van der Waals surface area contributed by atoms with Crippen molar-refractivity contribution in [1.82, 2.24) is 9.97 Å². The first kappa shape index (κ1) is 13.8. The zero-order valence-corrected chi connectivity index (χ0v) is 11.9. The van der Waals surface area contributed by atoms with E-state index in [2.05, 4.69) is 9.97 Å². The maximum atomic E-state index is 11.5. The van der Waals surface area contributed by atoms with Crippen molar-refractivity contribution in [3.8, 4) is 17.0 Å². The molecule has 0 radical (unpaired) electrons. The van der Waals surface area contributed by atoms with Gasteiger partial charge in [0.1, 0.15) is 5.75 Å². The van der Waals surface area contributed by atoms with Gasteiger partial charge in [-0.3, -0.25) is 0 Å². The van der Waals surface area contributed by atoms with Gasteiger partial charge in [-0.1, -0.05) is 11.6 Å². The molecule has 2 aromatic rings. The molecule has 0 N–H and O–H groups in total. The molecule has 0 saturated carbocycles. The lowest BCUT2D eigenvalue weighted by Gasteiger charge is -2.08. The fourth-order valence-electron chi connectivity index (χ4n) is 1.55. The first-order chi connectivity index (χ1) is 8.91. The highest BCUT2D eigenvalue weighted by Crippen LogP contribution is 2.31. The van der Waals surface area contributed by atoms with Crippen molar-refractivity contribution >= 4 is 21.4 Å². The predicted molar refractivity (Wildman–Crippen MR) is 72.1 cm³/mol. The molecule has 0 aliphatic heterocycles. The second kappa shape index (κ2) is 5.14. The summed E-state index contributed by atoms with van der Waals surface area (Å²) < 4.78 is 28.1. The Bertz CT molecular complexity index is 717. The summed E-state index contributed by atoms with van der Waals surface area (Å²) in [7, 11) is -1.94. The fourth-order valence-corrected chi connectivity index (χ4v) is 2.24. The minimum atomic E-state index is -3.46. The van der Waals surface area contributed by atoms with E-state index in [-0.39, 0.29) is 5.16 Å². The van der Waals surface area contributed by atoms with Gasteiger partial charge in [0.15, 0.2) is 0 Å². The van der Waals surface area contributed by atoms with Crippen LogP contribution in [0, 0.1) is 0 Å². The molecule has 2 rings (SSSR count). The van der Waals surface area contributed by atoms with Crippen molar-refractivity contribution in [1.29, 1.82) is 0 Å². The summed E-state index contributed by atoms with van der Waals surface area (Å²) in [5.74, 6) is 0.558. The van der Waals surface area contributed by atoms with E-state index < -0.39 is 9.84 Å². The average Bonchev–Trinajstić information content (AvgIpc) is 2.38. The Kier molecular flexibility index (Phi) is 3.73. The number of ether oxygens (including phenoxy) is 1. The molecule has 0 fully saturated rings. The van der Waals surface area contributed by atoms with E-state index in [4.69, 9.17) is 16.3 Å². The Labute approximate surface area is 116 Å². The molecule has 0 bridgehead atoms. The molecular formula is C12H11ClN2O3S. The molecule has 0 unspecified atom stereocenters. The second-order valence-electron chi connectivity index (χ2n) is 3.84. The molecule has 1 aromatic heterocycles. The van der Waals surface area contributed by atoms with Crippen LogP contribution in [0.1, 0.15) is 0 Å². The van der Waals surface area contributed by atoms with Crippen LogP contribution in [0.3, 0.4) is 0 Å². The maximum absolute atomic E-state index is 11.5. The fraction of sp³-hybridized carbons (Fsp3) is 0.167. The third-order valence-electron chi connectivity index (χ3n) is 2.40. The van der Waals surface area contributed by atoms with Gasteiger partial charge >= 0.3 is 0 Å². The zero-order chi connectivity index (χ0) is 14.0. The van der Waals surface area contributed by atoms with E-state index in [1.54, 1.807) is 24.3 Å². The smallest absolute Gasteiger partial charge is 0.247 e. The van der Waals surface area contributed by atoms with Crippen LogP contribution in [-0.4, -0.2) is 31.8 Å². The van der Waals surface area contributed by atoms with Gasteiger partial charge in [0.25, 0.3) is 0 Å². The van der Waals surface area contributed by atoms with E-state index in [1.807, 2.05) is 0 Å². The van der Waals surface area contributed by atoms with Gasteiger partial charge in [0.05, 0.1) is 12.8 Å². The molecule has 0 aliphatic rings. The van der Waals surface area contributed by atoms with Gasteiger partial charge in [-0.25, -0.2) is 18.4 Å². The first-order valence-electron chi connectivity index (χ1n) is 5.29. The van der Waals surface area contributed by atoms with Crippen LogP contribution in [0.5, 0.6) is 5.75 Å². The number of rotatable bonds is 3. The molecular weight excluding hydrogens is 288 g/mol. The van der Waals surface area contributed by atoms with Crippen molar-refractivity contribution in [3.63, 3.8) is 0 Å². The number of benzene rings is 1. The number of halogens is 1. The summed E-state index contributed by atoms with van der Waals surface area (Å²) in [6.07, 6.45) is 2.44. The standard InChI is InChI=1S/C12H11ClN2O3S/c1-18-11-4-3-8(13)7-9(11)10-5-6-14-12(15-10)19(2,16)17/h3-7H,1-2H3. The van der Waals surface area contributed by atoms with E-state index in [0.717, 1.165) is 6.26 Å². The topological polar surface area (TPSA) is 69.2 Å². The van der Waals surface area contributed by atoms with Gasteiger partial charge in [0, 0.05) is 23.0 Å². The molecule has 0 atom stereocenters. The normalized spacial score (nSPS) is 11.3. The number of hydrogen-bond acceptors (Lipinski definition) is 5. The Morgan fingerprint density at radius 1 is 1.26 bits per heavy atom. The Morgan fingerprint density at radius 2 is 2.00 bits per heavy atom. The quantitative estimate of drug-likeness (QED) is 0.813. The Balaban J connectivity index is 2.62. The van der Waals surface area contributed by atoms with Crippen LogP contribution in [0.15, 0.2) is 35.6 Å². The predicted octanol–water partition coefficient (Wildman–Crippen LogP) is 2.21. The van der Waals surface area contributed by atoms with E-state index >= 15 is 0 Å². The largest absolute Gasteiger partial charge is 0.496 e. The lowest BCUT2D eigenvalue weighted by Crippen LogP contribution is -2.04. The van der Waals surface area contributed by atoms with Gasteiger partial charge in [-0.05, 0) is 24.3 Å². The Morgan fingerprint density at radius 3 is 2.63 bits per heavy atom. The van der Waals surface area contributed by atoms with E-state index in [1.165, 1.54) is 13.3 Å². The van der Waals surface area contributed by atoms with Gasteiger partial charge < -0.3 is 4.74 Å². The van der Waals surface area contributed by atoms with Crippen molar-refractivity contribution in [2.24, 2.45) is 0 Å². The van der Waals surface area contributed by atoms with Gasteiger partial charge in [0.2, 0.25) is 15.0 Å². The minimum Gasteiger partial charge on any atom is -0.496 e. The first-order valence-corrected chi connectivity index (χ1v) is 7.56. The van der Waals surface area contributed by atoms with E-state index in [0.29, 0.717) is 22.0 Å². The van der Waals surface area contributed by atoms with Crippen LogP contribution in [0.2, 0.25) is 5.02 Å². The molecule has 19 heavy (non-hydrogen) atoms. The summed E-state index contributed by atoms with van der Waals surface area (Å²) in [6, 6.07) is 6.64. The Hall–Kier alpha value is -1.66. The van der Waals surface area contributed by atoms with Crippen molar-refractivity contribution < 1.29 is 13.2 Å². The van der Waals surface area contributed by atoms with Gasteiger partial charge in [-0.2, -0.15) is 0 Å². The van der Waals surface area contributed by atoms with Crippen LogP contribution in [0.25, 0.3) is 11.3 Å². The number of hydrogen-bond donors (Lipinski definition) is 0. The molecule has 0 saturated heterocycles. The number of aromatic nitrogens is 2. The molecule has 1 heterocycles. The lowest BCUT2D eigenvalue weighted by atomic mass is 10.1. The number of methoxy groups -OCH3 is 1. The molecule has 0 aliphatic carbocycles. The summed E-state index contributed by atoms with van der Waals surface area (Å²) in [6.45, 7) is 0. The molecule has 7 heteroatoms. The summed E-state index contributed by atoms with van der Waals surface area (Å²) in [5, 5.41) is 0.280. The second-order valence-corrected chi connectivity index (χ2v) is 6.19. The number of sulfone groups is 1.